The molecule has 0 N–H and O–H groups in total. The number of nitrogens with zero attached hydrogens (tertiary/aromatic N) is 1. The summed E-state index contributed by atoms with van der Waals surface area (Å²) in [4.78, 5) is 0.108. The molecule has 3 aromatic carbocycles. The SMILES string of the molecule is Cc1ccccc1CN(c1ccccc1)S(=O)(=O)c1ccc(F)cc1C. The van der Waals surface area contributed by atoms with Gasteiger partial charge in [-0.15, -0.1) is 0 Å². The topological polar surface area (TPSA) is 37.4 Å². The van der Waals surface area contributed by atoms with E-state index in [1.165, 1.54) is 22.5 Å². The molecule has 0 bridgehead atoms. The minimum absolute atomic E-state index is 0.108. The van der Waals surface area contributed by atoms with Crippen LogP contribution in [0.3, 0.4) is 0 Å². The molecule has 0 saturated heterocycles. The molecule has 0 aliphatic heterocycles. The van der Waals surface area contributed by atoms with Crippen molar-refractivity contribution in [1.29, 1.82) is 0 Å². The van der Waals surface area contributed by atoms with Crippen LogP contribution >= 0.6 is 0 Å². The molecule has 3 nitrogen and oxygen atoms in total. The number of benzene rings is 3. The number of anilines is 1. The molecule has 3 rings (SSSR count). The smallest absolute Gasteiger partial charge is 0.262 e. The van der Waals surface area contributed by atoms with E-state index in [-0.39, 0.29) is 11.4 Å². The largest absolute Gasteiger partial charge is 0.264 e. The molecular formula is C21H20FNO2S. The normalized spacial score (nSPS) is 11.3. The highest BCUT2D eigenvalue weighted by Crippen LogP contribution is 2.28. The summed E-state index contributed by atoms with van der Waals surface area (Å²) in [6.07, 6.45) is 0. The Morgan fingerprint density at radius 2 is 1.50 bits per heavy atom. The van der Waals surface area contributed by atoms with Crippen molar-refractivity contribution in [2.24, 2.45) is 0 Å². The summed E-state index contributed by atoms with van der Waals surface area (Å²) in [5.41, 5.74) is 2.88. The first-order valence-electron chi connectivity index (χ1n) is 8.28. The molecule has 26 heavy (non-hydrogen) atoms. The van der Waals surface area contributed by atoms with Crippen molar-refractivity contribution in [3.8, 4) is 0 Å². The Bertz CT molecular complexity index is 1020. The molecular weight excluding hydrogens is 349 g/mol. The molecule has 134 valence electrons. The first kappa shape index (κ1) is 18.1. The van der Waals surface area contributed by atoms with Gasteiger partial charge < -0.3 is 0 Å². The average Bonchev–Trinajstić information content (AvgIpc) is 2.61. The van der Waals surface area contributed by atoms with Gasteiger partial charge in [-0.2, -0.15) is 0 Å². The maximum absolute atomic E-state index is 13.5. The van der Waals surface area contributed by atoms with Crippen LogP contribution in [0.4, 0.5) is 10.1 Å². The number of aryl methyl sites for hydroxylation is 2. The zero-order chi connectivity index (χ0) is 18.7. The quantitative estimate of drug-likeness (QED) is 0.645. The van der Waals surface area contributed by atoms with Gasteiger partial charge in [0.15, 0.2) is 0 Å². The van der Waals surface area contributed by atoms with Crippen LogP contribution in [0.5, 0.6) is 0 Å². The van der Waals surface area contributed by atoms with Crippen LogP contribution in [0.2, 0.25) is 0 Å². The van der Waals surface area contributed by atoms with E-state index < -0.39 is 15.8 Å². The van der Waals surface area contributed by atoms with Gasteiger partial charge in [0.1, 0.15) is 5.82 Å². The number of sulfonamides is 1. The lowest BCUT2D eigenvalue weighted by atomic mass is 10.1. The Kier molecular flexibility index (Phi) is 5.09. The molecule has 0 spiro atoms. The Morgan fingerprint density at radius 1 is 0.846 bits per heavy atom. The van der Waals surface area contributed by atoms with Gasteiger partial charge in [0.25, 0.3) is 10.0 Å². The summed E-state index contributed by atoms with van der Waals surface area (Å²) < 4.78 is 41.6. The summed E-state index contributed by atoms with van der Waals surface area (Å²) >= 11 is 0. The Morgan fingerprint density at radius 3 is 2.15 bits per heavy atom. The van der Waals surface area contributed by atoms with Crippen LogP contribution in [0.1, 0.15) is 16.7 Å². The van der Waals surface area contributed by atoms with Crippen molar-refractivity contribution in [1.82, 2.24) is 0 Å². The van der Waals surface area contributed by atoms with Gasteiger partial charge in [0.2, 0.25) is 0 Å². The maximum Gasteiger partial charge on any atom is 0.264 e. The number of para-hydroxylation sites is 1. The summed E-state index contributed by atoms with van der Waals surface area (Å²) in [6.45, 7) is 3.76. The monoisotopic (exact) mass is 369 g/mol. The Hall–Kier alpha value is -2.66. The molecule has 5 heteroatoms. The lowest BCUT2D eigenvalue weighted by Crippen LogP contribution is -2.31. The fraction of sp³-hybridized carbons (Fsp3) is 0.143. The third kappa shape index (κ3) is 3.63. The van der Waals surface area contributed by atoms with Crippen molar-refractivity contribution in [3.05, 3.63) is 95.3 Å². The average molecular weight is 369 g/mol. The summed E-state index contributed by atoms with van der Waals surface area (Å²) in [5, 5.41) is 0. The molecule has 0 aliphatic carbocycles. The molecule has 3 aromatic rings. The first-order chi connectivity index (χ1) is 12.4. The second-order valence-electron chi connectivity index (χ2n) is 6.18. The highest BCUT2D eigenvalue weighted by atomic mass is 32.2. The van der Waals surface area contributed by atoms with Gasteiger partial charge in [-0.3, -0.25) is 4.31 Å². The van der Waals surface area contributed by atoms with Crippen LogP contribution in [0, 0.1) is 19.7 Å². The van der Waals surface area contributed by atoms with E-state index in [1.54, 1.807) is 31.2 Å². The standard InChI is InChI=1S/C21H20FNO2S/c1-16-8-6-7-9-18(16)15-23(20-10-4-3-5-11-20)26(24,25)21-13-12-19(22)14-17(21)2/h3-14H,15H2,1-2H3. The van der Waals surface area contributed by atoms with Crippen molar-refractivity contribution < 1.29 is 12.8 Å². The van der Waals surface area contributed by atoms with E-state index in [9.17, 15) is 12.8 Å². The van der Waals surface area contributed by atoms with Gasteiger partial charge in [-0.1, -0.05) is 42.5 Å². The van der Waals surface area contributed by atoms with E-state index in [2.05, 4.69) is 0 Å². The third-order valence-electron chi connectivity index (χ3n) is 4.32. The molecule has 0 saturated carbocycles. The van der Waals surface area contributed by atoms with Gasteiger partial charge in [0, 0.05) is 0 Å². The maximum atomic E-state index is 13.5. The van der Waals surface area contributed by atoms with Crippen molar-refractivity contribution in [2.75, 3.05) is 4.31 Å². The molecule has 0 aromatic heterocycles. The third-order valence-corrected chi connectivity index (χ3v) is 6.26. The van der Waals surface area contributed by atoms with Gasteiger partial charge >= 0.3 is 0 Å². The van der Waals surface area contributed by atoms with Crippen LogP contribution < -0.4 is 4.31 Å². The molecule has 0 aliphatic rings. The van der Waals surface area contributed by atoms with Crippen molar-refractivity contribution in [2.45, 2.75) is 25.3 Å². The predicted octanol–water partition coefficient (Wildman–Crippen LogP) is 4.84. The number of hydrogen-bond donors (Lipinski definition) is 0. The van der Waals surface area contributed by atoms with Crippen LogP contribution in [0.15, 0.2) is 77.7 Å². The first-order valence-corrected chi connectivity index (χ1v) is 9.72. The van der Waals surface area contributed by atoms with Gasteiger partial charge in [-0.25, -0.2) is 12.8 Å². The molecule has 0 unspecified atom stereocenters. The summed E-state index contributed by atoms with van der Waals surface area (Å²) in [6, 6.07) is 20.4. The predicted molar refractivity (Wildman–Crippen MR) is 102 cm³/mol. The highest BCUT2D eigenvalue weighted by Gasteiger charge is 2.27. The minimum Gasteiger partial charge on any atom is -0.262 e. The highest BCUT2D eigenvalue weighted by molar-refractivity contribution is 7.92. The van der Waals surface area contributed by atoms with E-state index in [4.69, 9.17) is 0 Å². The lowest BCUT2D eigenvalue weighted by Gasteiger charge is -2.26. The second-order valence-corrected chi connectivity index (χ2v) is 8.01. The van der Waals surface area contributed by atoms with Crippen molar-refractivity contribution >= 4 is 15.7 Å². The van der Waals surface area contributed by atoms with E-state index in [0.29, 0.717) is 11.3 Å². The molecule has 0 heterocycles. The van der Waals surface area contributed by atoms with Gasteiger partial charge in [0.05, 0.1) is 17.1 Å². The van der Waals surface area contributed by atoms with Crippen LogP contribution in [0.25, 0.3) is 0 Å². The summed E-state index contributed by atoms with van der Waals surface area (Å²) in [7, 11) is -3.85. The number of hydrogen-bond acceptors (Lipinski definition) is 2. The van der Waals surface area contributed by atoms with Gasteiger partial charge in [-0.05, 0) is 60.9 Å². The Labute approximate surface area is 153 Å². The van der Waals surface area contributed by atoms with E-state index in [1.807, 2.05) is 37.3 Å². The van der Waals surface area contributed by atoms with E-state index in [0.717, 1.165) is 11.1 Å². The van der Waals surface area contributed by atoms with Crippen molar-refractivity contribution in [3.63, 3.8) is 0 Å². The molecule has 0 amide bonds. The fourth-order valence-electron chi connectivity index (χ4n) is 2.87. The summed E-state index contributed by atoms with van der Waals surface area (Å²) in [5.74, 6) is -0.452. The Balaban J connectivity index is 2.12. The molecule has 0 fully saturated rings. The number of rotatable bonds is 5. The fourth-order valence-corrected chi connectivity index (χ4v) is 4.52. The number of halogens is 1. The van der Waals surface area contributed by atoms with Crippen LogP contribution in [-0.4, -0.2) is 8.42 Å². The van der Waals surface area contributed by atoms with E-state index >= 15 is 0 Å². The zero-order valence-corrected chi connectivity index (χ0v) is 15.5. The zero-order valence-electron chi connectivity index (χ0n) is 14.7. The minimum atomic E-state index is -3.85. The van der Waals surface area contributed by atoms with Crippen LogP contribution in [-0.2, 0) is 16.6 Å². The second kappa shape index (κ2) is 7.30. The molecule has 0 atom stereocenters. The molecule has 0 radical (unpaired) electrons. The lowest BCUT2D eigenvalue weighted by molar-refractivity contribution is 0.588.